The van der Waals surface area contributed by atoms with Crippen molar-refractivity contribution in [2.24, 2.45) is 11.7 Å². The van der Waals surface area contributed by atoms with Crippen LogP contribution in [0.4, 0.5) is 10.1 Å². The monoisotopic (exact) mass is 473 g/mol. The summed E-state index contributed by atoms with van der Waals surface area (Å²) in [6.07, 6.45) is 8.35. The van der Waals surface area contributed by atoms with Crippen molar-refractivity contribution < 1.29 is 14.0 Å². The summed E-state index contributed by atoms with van der Waals surface area (Å²) in [6.45, 7) is 6.42. The van der Waals surface area contributed by atoms with E-state index in [1.54, 1.807) is 11.9 Å². The fraction of sp³-hybridized carbons (Fsp3) is 0.462. The van der Waals surface area contributed by atoms with E-state index in [1.807, 2.05) is 24.3 Å². The number of benzene rings is 2. The van der Waals surface area contributed by atoms with Gasteiger partial charge in [-0.15, -0.1) is 0 Å². The zero-order valence-corrected chi connectivity index (χ0v) is 20.6. The molecule has 2 aromatic rings. The lowest BCUT2D eigenvalue weighted by Gasteiger charge is -2.21. The Hall–Kier alpha value is -2.38. The Morgan fingerprint density at radius 1 is 1.06 bits per heavy atom. The van der Waals surface area contributed by atoms with Crippen molar-refractivity contribution in [1.29, 1.82) is 0 Å². The number of carbonyl (C=O) groups is 2. The van der Waals surface area contributed by atoms with Gasteiger partial charge in [-0.3, -0.25) is 14.3 Å². The Morgan fingerprint density at radius 2 is 1.73 bits per heavy atom. The van der Waals surface area contributed by atoms with Crippen molar-refractivity contribution in [3.63, 3.8) is 0 Å². The van der Waals surface area contributed by atoms with Crippen LogP contribution in [0.5, 0.6) is 0 Å². The second-order valence-electron chi connectivity index (χ2n) is 9.44. The molecule has 0 bridgehead atoms. The first-order valence-corrected chi connectivity index (χ1v) is 12.3. The minimum Gasteiger partial charge on any atom is -0.366 e. The quantitative estimate of drug-likeness (QED) is 0.412. The number of hydrogen-bond donors (Lipinski definition) is 3. The van der Waals surface area contributed by atoms with Crippen molar-refractivity contribution in [3.8, 4) is 0 Å². The molecule has 5 nitrogen and oxygen atoms in total. The summed E-state index contributed by atoms with van der Waals surface area (Å²) in [7, 11) is 0. The molecular weight excluding hydrogens is 437 g/mol. The van der Waals surface area contributed by atoms with Gasteiger partial charge in [0.25, 0.3) is 0 Å². The summed E-state index contributed by atoms with van der Waals surface area (Å²) in [5, 5.41) is 3.01. The zero-order chi connectivity index (χ0) is 24.3. The maximum Gasteiger partial charge on any atom is 0.248 e. The van der Waals surface area contributed by atoms with Crippen molar-refractivity contribution >= 4 is 29.4 Å². The molecule has 0 saturated heterocycles. The van der Waals surface area contributed by atoms with E-state index in [0.717, 1.165) is 29.0 Å². The standard InChI is InChI=1S/C19H30N2OS.C7H6FNO/c1-19(2,3)21-23-17-12-10-16(11-13-17)20-18(22)14-9-15-7-5-4-6-8-15;8-6-3-1-2-5(4-6)7(9)10/h10-13,15,21H,4-9,14H2,1-3H3,(H,20,22);1-4H,(H2,9,10). The molecular formula is C26H36FN3O2S. The van der Waals surface area contributed by atoms with Crippen LogP contribution in [0.15, 0.2) is 53.4 Å². The Kier molecular flexibility index (Phi) is 10.9. The van der Waals surface area contributed by atoms with E-state index in [4.69, 9.17) is 5.73 Å². The maximum absolute atomic E-state index is 12.3. The highest BCUT2D eigenvalue weighted by Crippen LogP contribution is 2.27. The van der Waals surface area contributed by atoms with Gasteiger partial charge >= 0.3 is 0 Å². The van der Waals surface area contributed by atoms with Gasteiger partial charge in [0.05, 0.1) is 0 Å². The van der Waals surface area contributed by atoms with Gasteiger partial charge < -0.3 is 11.1 Å². The summed E-state index contributed by atoms with van der Waals surface area (Å²) in [5.74, 6) is -0.156. The lowest BCUT2D eigenvalue weighted by Crippen LogP contribution is -2.29. The van der Waals surface area contributed by atoms with E-state index in [1.165, 1.54) is 50.3 Å². The highest BCUT2D eigenvalue weighted by molar-refractivity contribution is 7.97. The number of nitrogens with one attached hydrogen (secondary N) is 2. The third kappa shape index (κ3) is 11.3. The average Bonchev–Trinajstić information content (AvgIpc) is 2.78. The Morgan fingerprint density at radius 3 is 2.27 bits per heavy atom. The number of hydrogen-bond acceptors (Lipinski definition) is 4. The molecule has 0 atom stereocenters. The van der Waals surface area contributed by atoms with Crippen molar-refractivity contribution in [1.82, 2.24) is 4.72 Å². The lowest BCUT2D eigenvalue weighted by molar-refractivity contribution is -0.116. The van der Waals surface area contributed by atoms with E-state index in [9.17, 15) is 14.0 Å². The molecule has 0 aliphatic heterocycles. The molecule has 1 saturated carbocycles. The molecule has 2 amide bonds. The SMILES string of the molecule is CC(C)(C)NSc1ccc(NC(=O)CCC2CCCCC2)cc1.NC(=O)c1cccc(F)c1. The molecule has 180 valence electrons. The normalized spacial score (nSPS) is 14.2. The molecule has 0 heterocycles. The number of nitrogens with two attached hydrogens (primary N) is 1. The van der Waals surface area contributed by atoms with Gasteiger partial charge in [0.15, 0.2) is 0 Å². The number of anilines is 1. The fourth-order valence-corrected chi connectivity index (χ4v) is 4.19. The van der Waals surface area contributed by atoms with Gasteiger partial charge in [-0.05, 0) is 87.5 Å². The van der Waals surface area contributed by atoms with E-state index in [0.29, 0.717) is 6.42 Å². The van der Waals surface area contributed by atoms with E-state index < -0.39 is 11.7 Å². The van der Waals surface area contributed by atoms with Gasteiger partial charge in [0, 0.05) is 28.1 Å². The average molecular weight is 474 g/mol. The predicted molar refractivity (Wildman–Crippen MR) is 135 cm³/mol. The predicted octanol–water partition coefficient (Wildman–Crippen LogP) is 6.31. The number of primary amides is 1. The number of amides is 2. The molecule has 3 rings (SSSR count). The summed E-state index contributed by atoms with van der Waals surface area (Å²) in [6, 6.07) is 13.3. The lowest BCUT2D eigenvalue weighted by atomic mass is 9.86. The maximum atomic E-state index is 12.3. The molecule has 1 aliphatic rings. The second kappa shape index (κ2) is 13.4. The second-order valence-corrected chi connectivity index (χ2v) is 10.3. The molecule has 33 heavy (non-hydrogen) atoms. The molecule has 1 fully saturated rings. The number of halogens is 1. The smallest absolute Gasteiger partial charge is 0.248 e. The molecule has 4 N–H and O–H groups in total. The van der Waals surface area contributed by atoms with Gasteiger partial charge in [-0.1, -0.05) is 38.2 Å². The first-order valence-electron chi connectivity index (χ1n) is 11.5. The van der Waals surface area contributed by atoms with Crippen LogP contribution in [0.2, 0.25) is 0 Å². The van der Waals surface area contributed by atoms with Crippen molar-refractivity contribution in [2.75, 3.05) is 5.32 Å². The summed E-state index contributed by atoms with van der Waals surface area (Å²) < 4.78 is 15.7. The minimum atomic E-state index is -0.612. The van der Waals surface area contributed by atoms with Crippen LogP contribution in [-0.4, -0.2) is 17.4 Å². The van der Waals surface area contributed by atoms with Gasteiger partial charge in [0.1, 0.15) is 5.82 Å². The first kappa shape index (κ1) is 26.9. The molecule has 0 radical (unpaired) electrons. The number of carbonyl (C=O) groups excluding carboxylic acids is 2. The Balaban J connectivity index is 0.000000321. The Bertz CT molecular complexity index is 891. The topological polar surface area (TPSA) is 84.2 Å². The van der Waals surface area contributed by atoms with Crippen LogP contribution >= 0.6 is 11.9 Å². The van der Waals surface area contributed by atoms with E-state index >= 15 is 0 Å². The Labute approximate surface area is 201 Å². The van der Waals surface area contributed by atoms with Crippen LogP contribution in [0.25, 0.3) is 0 Å². The van der Waals surface area contributed by atoms with Gasteiger partial charge in [0.2, 0.25) is 11.8 Å². The van der Waals surface area contributed by atoms with Crippen LogP contribution in [0.3, 0.4) is 0 Å². The van der Waals surface area contributed by atoms with Gasteiger partial charge in [-0.25, -0.2) is 4.39 Å². The highest BCUT2D eigenvalue weighted by atomic mass is 32.2. The van der Waals surface area contributed by atoms with E-state index in [2.05, 4.69) is 30.8 Å². The molecule has 1 aliphatic carbocycles. The summed E-state index contributed by atoms with van der Waals surface area (Å²) in [4.78, 5) is 23.6. The highest BCUT2D eigenvalue weighted by Gasteiger charge is 2.15. The molecule has 0 spiro atoms. The largest absolute Gasteiger partial charge is 0.366 e. The summed E-state index contributed by atoms with van der Waals surface area (Å²) >= 11 is 1.62. The number of rotatable bonds is 7. The molecule has 0 aromatic heterocycles. The van der Waals surface area contributed by atoms with Crippen LogP contribution in [-0.2, 0) is 4.79 Å². The third-order valence-corrected chi connectivity index (χ3v) is 6.45. The summed E-state index contributed by atoms with van der Waals surface area (Å²) in [5.41, 5.74) is 6.04. The van der Waals surface area contributed by atoms with E-state index in [-0.39, 0.29) is 17.0 Å². The molecule has 7 heteroatoms. The molecule has 2 aromatic carbocycles. The first-order chi connectivity index (χ1) is 15.6. The molecule has 0 unspecified atom stereocenters. The third-order valence-electron chi connectivity index (χ3n) is 5.23. The zero-order valence-electron chi connectivity index (χ0n) is 19.8. The van der Waals surface area contributed by atoms with Crippen molar-refractivity contribution in [2.45, 2.75) is 76.2 Å². The van der Waals surface area contributed by atoms with Gasteiger partial charge in [-0.2, -0.15) is 0 Å². The fourth-order valence-electron chi connectivity index (χ4n) is 3.49. The van der Waals surface area contributed by atoms with Crippen LogP contribution in [0, 0.1) is 11.7 Å². The van der Waals surface area contributed by atoms with Crippen molar-refractivity contribution in [3.05, 3.63) is 59.9 Å². The van der Waals surface area contributed by atoms with Crippen LogP contribution < -0.4 is 15.8 Å². The minimum absolute atomic E-state index is 0.0800. The van der Waals surface area contributed by atoms with Crippen LogP contribution in [0.1, 0.15) is 76.1 Å².